The van der Waals surface area contributed by atoms with Crippen molar-refractivity contribution < 1.29 is 27.4 Å². The third-order valence-corrected chi connectivity index (χ3v) is 5.71. The van der Waals surface area contributed by atoms with Crippen LogP contribution in [0.4, 0.5) is 0 Å². The van der Waals surface area contributed by atoms with Gasteiger partial charge < -0.3 is 18.9 Å². The molecular formula is C20H24N2O6S. The Morgan fingerprint density at radius 3 is 2.03 bits per heavy atom. The van der Waals surface area contributed by atoms with Crippen molar-refractivity contribution in [1.29, 1.82) is 0 Å². The Labute approximate surface area is 170 Å². The zero-order valence-electron chi connectivity index (χ0n) is 17.0. The van der Waals surface area contributed by atoms with Gasteiger partial charge in [-0.25, -0.2) is 8.42 Å². The average molecular weight is 420 g/mol. The Kier molecular flexibility index (Phi) is 5.88. The molecule has 1 atom stereocenters. The Bertz CT molecular complexity index is 1010. The van der Waals surface area contributed by atoms with Crippen LogP contribution < -0.4 is 18.9 Å². The van der Waals surface area contributed by atoms with Crippen LogP contribution in [0.5, 0.6) is 23.0 Å². The second kappa shape index (κ2) is 8.20. The van der Waals surface area contributed by atoms with Crippen LogP contribution in [0.15, 0.2) is 41.5 Å². The van der Waals surface area contributed by atoms with E-state index in [0.717, 1.165) is 16.2 Å². The number of nitrogens with zero attached hydrogens (tertiary/aromatic N) is 2. The summed E-state index contributed by atoms with van der Waals surface area (Å²) >= 11 is 0. The van der Waals surface area contributed by atoms with Gasteiger partial charge in [0.2, 0.25) is 10.0 Å². The summed E-state index contributed by atoms with van der Waals surface area (Å²) in [6, 6.07) is 10.1. The molecule has 0 fully saturated rings. The van der Waals surface area contributed by atoms with Gasteiger partial charge in [0, 0.05) is 29.7 Å². The van der Waals surface area contributed by atoms with Crippen LogP contribution in [0, 0.1) is 0 Å². The molecule has 8 nitrogen and oxygen atoms in total. The quantitative estimate of drug-likeness (QED) is 0.685. The molecule has 0 N–H and O–H groups in total. The largest absolute Gasteiger partial charge is 0.497 e. The van der Waals surface area contributed by atoms with Gasteiger partial charge in [-0.15, -0.1) is 0 Å². The van der Waals surface area contributed by atoms with E-state index in [9.17, 15) is 8.42 Å². The smallest absolute Gasteiger partial charge is 0.247 e. The van der Waals surface area contributed by atoms with E-state index >= 15 is 0 Å². The molecule has 3 rings (SSSR count). The first-order chi connectivity index (χ1) is 13.8. The summed E-state index contributed by atoms with van der Waals surface area (Å²) in [5, 5.41) is 4.42. The molecule has 9 heteroatoms. The third-order valence-electron chi connectivity index (χ3n) is 4.70. The highest BCUT2D eigenvalue weighted by atomic mass is 32.2. The lowest BCUT2D eigenvalue weighted by molar-refractivity contribution is 0.348. The lowest BCUT2D eigenvalue weighted by Gasteiger charge is -2.23. The zero-order chi connectivity index (χ0) is 21.2. The van der Waals surface area contributed by atoms with Crippen molar-refractivity contribution in [2.45, 2.75) is 12.5 Å². The van der Waals surface area contributed by atoms with Crippen LogP contribution in [0.2, 0.25) is 0 Å². The molecule has 2 aromatic rings. The number of hydrogen-bond acceptors (Lipinski definition) is 7. The van der Waals surface area contributed by atoms with Crippen LogP contribution in [0.3, 0.4) is 0 Å². The Morgan fingerprint density at radius 1 is 0.897 bits per heavy atom. The Hall–Kier alpha value is -2.94. The summed E-state index contributed by atoms with van der Waals surface area (Å²) in [5.41, 5.74) is 2.03. The van der Waals surface area contributed by atoms with E-state index in [2.05, 4.69) is 5.10 Å². The molecule has 2 aromatic carbocycles. The van der Waals surface area contributed by atoms with Gasteiger partial charge in [-0.05, 0) is 24.3 Å². The van der Waals surface area contributed by atoms with Gasteiger partial charge in [0.25, 0.3) is 0 Å². The number of sulfonamides is 1. The van der Waals surface area contributed by atoms with Crippen molar-refractivity contribution in [2.24, 2.45) is 5.10 Å². The van der Waals surface area contributed by atoms with Crippen molar-refractivity contribution in [2.75, 3.05) is 34.7 Å². The van der Waals surface area contributed by atoms with Gasteiger partial charge in [-0.3, -0.25) is 0 Å². The van der Waals surface area contributed by atoms with Gasteiger partial charge in [0.05, 0.1) is 46.4 Å². The van der Waals surface area contributed by atoms with E-state index in [1.165, 1.54) is 7.11 Å². The second-order valence-electron chi connectivity index (χ2n) is 6.51. The molecule has 0 aromatic heterocycles. The maximum atomic E-state index is 12.5. The van der Waals surface area contributed by atoms with Crippen molar-refractivity contribution in [3.63, 3.8) is 0 Å². The van der Waals surface area contributed by atoms with Gasteiger partial charge in [0.15, 0.2) is 0 Å². The molecule has 29 heavy (non-hydrogen) atoms. The van der Waals surface area contributed by atoms with E-state index in [1.807, 2.05) is 0 Å². The summed E-state index contributed by atoms with van der Waals surface area (Å²) in [4.78, 5) is 0. The summed E-state index contributed by atoms with van der Waals surface area (Å²) in [7, 11) is 2.59. The zero-order valence-corrected chi connectivity index (χ0v) is 17.8. The van der Waals surface area contributed by atoms with E-state index in [-0.39, 0.29) is 0 Å². The molecule has 1 aliphatic rings. The minimum atomic E-state index is -3.62. The molecule has 0 aliphatic carbocycles. The number of methoxy groups -OCH3 is 4. The molecule has 156 valence electrons. The predicted octanol–water partition coefficient (Wildman–Crippen LogP) is 2.83. The minimum Gasteiger partial charge on any atom is -0.497 e. The molecule has 1 aliphatic heterocycles. The Morgan fingerprint density at radius 2 is 1.52 bits per heavy atom. The lowest BCUT2D eigenvalue weighted by atomic mass is 9.98. The molecule has 0 radical (unpaired) electrons. The van der Waals surface area contributed by atoms with Crippen molar-refractivity contribution in [3.8, 4) is 23.0 Å². The first-order valence-electron chi connectivity index (χ1n) is 8.83. The predicted molar refractivity (Wildman–Crippen MR) is 110 cm³/mol. The second-order valence-corrected chi connectivity index (χ2v) is 8.35. The Balaban J connectivity index is 2.07. The standard InChI is InChI=1S/C20H24N2O6S/c1-25-14-6-7-17(20(11-14)28-4)19-12-18(21-22(19)29(5,23)24)13-8-15(26-2)10-16(9-13)27-3/h6-11,19H,12H2,1-5H3/t19-/m1/s1. The van der Waals surface area contributed by atoms with E-state index in [4.69, 9.17) is 18.9 Å². The van der Waals surface area contributed by atoms with E-state index in [0.29, 0.717) is 40.7 Å². The lowest BCUT2D eigenvalue weighted by Crippen LogP contribution is -2.26. The van der Waals surface area contributed by atoms with Crippen LogP contribution >= 0.6 is 0 Å². The van der Waals surface area contributed by atoms with E-state index in [1.54, 1.807) is 57.7 Å². The van der Waals surface area contributed by atoms with Crippen molar-refractivity contribution >= 4 is 15.7 Å². The normalized spacial score (nSPS) is 16.4. The molecule has 0 bridgehead atoms. The monoisotopic (exact) mass is 420 g/mol. The fourth-order valence-corrected chi connectivity index (χ4v) is 4.17. The topological polar surface area (TPSA) is 86.7 Å². The van der Waals surface area contributed by atoms with Crippen molar-refractivity contribution in [1.82, 2.24) is 4.41 Å². The molecule has 0 unspecified atom stereocenters. The minimum absolute atomic E-state index is 0.367. The fourth-order valence-electron chi connectivity index (χ4n) is 3.27. The van der Waals surface area contributed by atoms with Gasteiger partial charge >= 0.3 is 0 Å². The molecule has 0 spiro atoms. The van der Waals surface area contributed by atoms with E-state index < -0.39 is 16.1 Å². The van der Waals surface area contributed by atoms with Gasteiger partial charge in [-0.2, -0.15) is 9.52 Å². The molecule has 0 amide bonds. The molecule has 0 saturated heterocycles. The number of ether oxygens (including phenoxy) is 4. The highest BCUT2D eigenvalue weighted by molar-refractivity contribution is 7.88. The maximum Gasteiger partial charge on any atom is 0.247 e. The number of rotatable bonds is 7. The van der Waals surface area contributed by atoms with Gasteiger partial charge in [-0.1, -0.05) is 0 Å². The third kappa shape index (κ3) is 4.24. The fraction of sp³-hybridized carbons (Fsp3) is 0.350. The van der Waals surface area contributed by atoms with Crippen molar-refractivity contribution in [3.05, 3.63) is 47.5 Å². The highest BCUT2D eigenvalue weighted by Gasteiger charge is 2.36. The summed E-state index contributed by atoms with van der Waals surface area (Å²) in [5.74, 6) is 2.34. The van der Waals surface area contributed by atoms with Crippen LogP contribution in [0.1, 0.15) is 23.6 Å². The van der Waals surface area contributed by atoms with Crippen LogP contribution in [0.25, 0.3) is 0 Å². The van der Waals surface area contributed by atoms with Gasteiger partial charge in [0.1, 0.15) is 23.0 Å². The molecule has 1 heterocycles. The molecule has 0 saturated carbocycles. The number of hydrogen-bond donors (Lipinski definition) is 0. The maximum absolute atomic E-state index is 12.5. The average Bonchev–Trinajstić information content (AvgIpc) is 3.18. The van der Waals surface area contributed by atoms with Crippen LogP contribution in [-0.4, -0.2) is 53.2 Å². The van der Waals surface area contributed by atoms with Crippen LogP contribution in [-0.2, 0) is 10.0 Å². The number of hydrazone groups is 1. The highest BCUT2D eigenvalue weighted by Crippen LogP contribution is 2.40. The summed E-state index contributed by atoms with van der Waals surface area (Å²) in [6.45, 7) is 0. The number of benzene rings is 2. The first kappa shape index (κ1) is 20.8. The SMILES string of the molecule is COc1cc(OC)cc(C2=NN(S(C)(=O)=O)[C@@H](c3ccc(OC)cc3OC)C2)c1. The summed E-state index contributed by atoms with van der Waals surface area (Å²) in [6.07, 6.45) is 1.50. The molecular weight excluding hydrogens is 396 g/mol. The first-order valence-corrected chi connectivity index (χ1v) is 10.7. The summed E-state index contributed by atoms with van der Waals surface area (Å²) < 4.78 is 47.4.